The van der Waals surface area contributed by atoms with Crippen molar-refractivity contribution in [3.8, 4) is 0 Å². The van der Waals surface area contributed by atoms with Gasteiger partial charge in [-0.1, -0.05) is 0 Å². The van der Waals surface area contributed by atoms with E-state index in [9.17, 15) is 19.2 Å². The van der Waals surface area contributed by atoms with E-state index in [4.69, 9.17) is 23.7 Å². The van der Waals surface area contributed by atoms with Crippen LogP contribution in [0.4, 0.5) is 0 Å². The quantitative estimate of drug-likeness (QED) is 0.505. The lowest BCUT2D eigenvalue weighted by molar-refractivity contribution is -0.225. The van der Waals surface area contributed by atoms with Gasteiger partial charge in [0.05, 0.1) is 13.2 Å². The van der Waals surface area contributed by atoms with Crippen molar-refractivity contribution in [3.63, 3.8) is 0 Å². The van der Waals surface area contributed by atoms with Gasteiger partial charge < -0.3 is 23.7 Å². The summed E-state index contributed by atoms with van der Waals surface area (Å²) in [5, 5.41) is 0. The average Bonchev–Trinajstić information content (AvgIpc) is 2.93. The zero-order valence-electron chi connectivity index (χ0n) is 14.6. The summed E-state index contributed by atoms with van der Waals surface area (Å²) in [6.07, 6.45) is -3.94. The molecule has 0 N–H and O–H groups in total. The number of ether oxygens (including phenoxy) is 5. The minimum Gasteiger partial charge on any atom is -0.458 e. The second-order valence-corrected chi connectivity index (χ2v) is 6.16. The molecule has 1 aliphatic heterocycles. The van der Waals surface area contributed by atoms with Gasteiger partial charge in [0.2, 0.25) is 0 Å². The predicted octanol–water partition coefficient (Wildman–Crippen LogP) is -0.0106. The normalized spacial score (nSPS) is 33.8. The number of hydrogen-bond acceptors (Lipinski definition) is 9. The van der Waals surface area contributed by atoms with Gasteiger partial charge >= 0.3 is 23.9 Å². The molecule has 1 saturated carbocycles. The number of esters is 4. The summed E-state index contributed by atoms with van der Waals surface area (Å²) in [4.78, 5) is 46.2. The van der Waals surface area contributed by atoms with Gasteiger partial charge in [-0.25, -0.2) is 0 Å². The molecule has 9 heteroatoms. The Hall–Kier alpha value is -2.16. The molecule has 0 bridgehead atoms. The van der Waals surface area contributed by atoms with Crippen LogP contribution in [0, 0.1) is 11.8 Å². The monoisotopic (exact) mass is 358 g/mol. The van der Waals surface area contributed by atoms with Gasteiger partial charge in [-0.2, -0.15) is 0 Å². The van der Waals surface area contributed by atoms with Crippen molar-refractivity contribution in [2.45, 2.75) is 52.1 Å². The molecular formula is C16H22O9. The lowest BCUT2D eigenvalue weighted by Crippen LogP contribution is -2.62. The van der Waals surface area contributed by atoms with Gasteiger partial charge in [0.15, 0.2) is 12.2 Å². The van der Waals surface area contributed by atoms with Crippen molar-refractivity contribution >= 4 is 23.9 Å². The fourth-order valence-corrected chi connectivity index (χ4v) is 3.47. The first-order valence-electron chi connectivity index (χ1n) is 7.97. The number of carbonyl (C=O) groups excluding carboxylic acids is 4. The molecule has 0 aromatic carbocycles. The lowest BCUT2D eigenvalue weighted by atomic mass is 9.74. The molecule has 0 aromatic heterocycles. The summed E-state index contributed by atoms with van der Waals surface area (Å²) in [5.74, 6) is -3.13. The largest absolute Gasteiger partial charge is 0.458 e. The van der Waals surface area contributed by atoms with E-state index in [2.05, 4.69) is 0 Å². The Balaban J connectivity index is 2.43. The Bertz CT molecular complexity index is 510. The van der Waals surface area contributed by atoms with E-state index in [1.807, 2.05) is 0 Å². The summed E-state index contributed by atoms with van der Waals surface area (Å²) < 4.78 is 26.8. The highest BCUT2D eigenvalue weighted by Gasteiger charge is 2.59. The highest BCUT2D eigenvalue weighted by molar-refractivity contribution is 5.69. The van der Waals surface area contributed by atoms with Crippen LogP contribution >= 0.6 is 0 Å². The minimum atomic E-state index is -1.10. The van der Waals surface area contributed by atoms with Crippen LogP contribution < -0.4 is 0 Å². The van der Waals surface area contributed by atoms with Crippen LogP contribution in [-0.2, 0) is 42.9 Å². The summed E-state index contributed by atoms with van der Waals surface area (Å²) in [7, 11) is 0. The van der Waals surface area contributed by atoms with Crippen LogP contribution in [0.2, 0.25) is 0 Å². The third kappa shape index (κ3) is 4.47. The first kappa shape index (κ1) is 19.2. The number of hydrogen-bond donors (Lipinski definition) is 0. The second kappa shape index (κ2) is 7.81. The molecular weight excluding hydrogens is 336 g/mol. The van der Waals surface area contributed by atoms with E-state index in [0.29, 0.717) is 0 Å². The third-order valence-electron chi connectivity index (χ3n) is 4.19. The zero-order valence-corrected chi connectivity index (χ0v) is 14.6. The maximum atomic E-state index is 11.6. The van der Waals surface area contributed by atoms with Crippen molar-refractivity contribution < 1.29 is 42.9 Å². The van der Waals surface area contributed by atoms with Gasteiger partial charge in [-0.3, -0.25) is 19.2 Å². The van der Waals surface area contributed by atoms with Crippen molar-refractivity contribution in [1.82, 2.24) is 0 Å². The van der Waals surface area contributed by atoms with Crippen LogP contribution in [0.25, 0.3) is 0 Å². The molecule has 1 heterocycles. The SMILES string of the molecule is CC(=O)O[C@@H]1[C@H](OC(C)=O)[C@@H](OC(C)=O)[C@@H]2COC[C@@H]2[C@H]1OC(C)=O. The highest BCUT2D eigenvalue weighted by Crippen LogP contribution is 2.41. The highest BCUT2D eigenvalue weighted by atomic mass is 16.6. The average molecular weight is 358 g/mol. The first-order chi connectivity index (χ1) is 11.7. The fraction of sp³-hybridized carbons (Fsp3) is 0.750. The van der Waals surface area contributed by atoms with Gasteiger partial charge in [0, 0.05) is 39.5 Å². The molecule has 0 amide bonds. The first-order valence-corrected chi connectivity index (χ1v) is 7.97. The molecule has 25 heavy (non-hydrogen) atoms. The smallest absolute Gasteiger partial charge is 0.303 e. The van der Waals surface area contributed by atoms with E-state index < -0.39 is 48.3 Å². The van der Waals surface area contributed by atoms with E-state index in [1.165, 1.54) is 27.7 Å². The summed E-state index contributed by atoms with van der Waals surface area (Å²) in [6, 6.07) is 0. The predicted molar refractivity (Wildman–Crippen MR) is 80.0 cm³/mol. The molecule has 0 radical (unpaired) electrons. The Morgan fingerprint density at radius 2 is 0.880 bits per heavy atom. The van der Waals surface area contributed by atoms with Crippen LogP contribution in [-0.4, -0.2) is 61.5 Å². The lowest BCUT2D eigenvalue weighted by Gasteiger charge is -2.45. The summed E-state index contributed by atoms with van der Waals surface area (Å²) in [5.41, 5.74) is 0. The van der Waals surface area contributed by atoms with Crippen LogP contribution in [0.5, 0.6) is 0 Å². The molecule has 6 atom stereocenters. The summed E-state index contributed by atoms with van der Waals surface area (Å²) in [6.45, 7) is 5.32. The molecule has 0 unspecified atom stereocenters. The molecule has 140 valence electrons. The van der Waals surface area contributed by atoms with E-state index in [0.717, 1.165) is 0 Å². The van der Waals surface area contributed by atoms with Crippen molar-refractivity contribution in [1.29, 1.82) is 0 Å². The van der Waals surface area contributed by atoms with Gasteiger partial charge in [-0.05, 0) is 0 Å². The molecule has 2 rings (SSSR count). The Morgan fingerprint density at radius 3 is 1.16 bits per heavy atom. The molecule has 2 fully saturated rings. The Labute approximate surface area is 144 Å². The van der Waals surface area contributed by atoms with Crippen molar-refractivity contribution in [2.75, 3.05) is 13.2 Å². The zero-order chi connectivity index (χ0) is 18.7. The van der Waals surface area contributed by atoms with Crippen LogP contribution in [0.1, 0.15) is 27.7 Å². The topological polar surface area (TPSA) is 114 Å². The van der Waals surface area contributed by atoms with E-state index >= 15 is 0 Å². The number of carbonyl (C=O) groups is 4. The molecule has 0 aromatic rings. The number of rotatable bonds is 4. The van der Waals surface area contributed by atoms with Gasteiger partial charge in [0.1, 0.15) is 12.2 Å². The molecule has 1 aliphatic carbocycles. The second-order valence-electron chi connectivity index (χ2n) is 6.16. The molecule has 0 spiro atoms. The van der Waals surface area contributed by atoms with E-state index in [-0.39, 0.29) is 25.0 Å². The standard InChI is InChI=1S/C16H22O9/c1-7(17)22-13-11-5-21-6-12(11)14(23-8(2)18)16(25-10(4)20)15(13)24-9(3)19/h11-16H,5-6H2,1-4H3/t11-,12+,13+,14-,15-,16+. The van der Waals surface area contributed by atoms with E-state index in [1.54, 1.807) is 0 Å². The number of fused-ring (bicyclic) bond motifs is 1. The Kier molecular flexibility index (Phi) is 5.99. The molecule has 2 aliphatic rings. The minimum absolute atomic E-state index is 0.241. The van der Waals surface area contributed by atoms with Gasteiger partial charge in [-0.15, -0.1) is 0 Å². The fourth-order valence-electron chi connectivity index (χ4n) is 3.47. The van der Waals surface area contributed by atoms with Crippen LogP contribution in [0.3, 0.4) is 0 Å². The maximum absolute atomic E-state index is 11.6. The van der Waals surface area contributed by atoms with Gasteiger partial charge in [0.25, 0.3) is 0 Å². The summed E-state index contributed by atoms with van der Waals surface area (Å²) >= 11 is 0. The maximum Gasteiger partial charge on any atom is 0.303 e. The van der Waals surface area contributed by atoms with Crippen LogP contribution in [0.15, 0.2) is 0 Å². The molecule has 9 nitrogen and oxygen atoms in total. The Morgan fingerprint density at radius 1 is 0.600 bits per heavy atom. The van der Waals surface area contributed by atoms with Crippen molar-refractivity contribution in [2.24, 2.45) is 11.8 Å². The third-order valence-corrected chi connectivity index (χ3v) is 4.19. The van der Waals surface area contributed by atoms with Crippen molar-refractivity contribution in [3.05, 3.63) is 0 Å². The molecule has 1 saturated heterocycles.